The van der Waals surface area contributed by atoms with Crippen LogP contribution in [0, 0.1) is 5.92 Å². The summed E-state index contributed by atoms with van der Waals surface area (Å²) in [6.45, 7) is 10.4. The highest BCUT2D eigenvalue weighted by Gasteiger charge is 2.22. The van der Waals surface area contributed by atoms with Gasteiger partial charge in [-0.25, -0.2) is 0 Å². The predicted molar refractivity (Wildman–Crippen MR) is 76.4 cm³/mol. The molecule has 0 radical (unpaired) electrons. The molecule has 1 heterocycles. The van der Waals surface area contributed by atoms with Gasteiger partial charge in [0.15, 0.2) is 0 Å². The molecule has 0 saturated carbocycles. The maximum absolute atomic E-state index is 5.95. The molecule has 0 fully saturated rings. The average molecular weight is 252 g/mol. The second-order valence-corrected chi connectivity index (χ2v) is 5.52. The molecule has 0 spiro atoms. The van der Waals surface area contributed by atoms with Crippen molar-refractivity contribution >= 4 is 0 Å². The van der Waals surface area contributed by atoms with Crippen LogP contribution in [0.1, 0.15) is 45.7 Å². The van der Waals surface area contributed by atoms with Crippen molar-refractivity contribution in [3.05, 3.63) is 18.0 Å². The van der Waals surface area contributed by atoms with E-state index in [9.17, 15) is 0 Å². The molecule has 104 valence electrons. The Balaban J connectivity index is 2.75. The van der Waals surface area contributed by atoms with Crippen LogP contribution in [0.2, 0.25) is 0 Å². The quantitative estimate of drug-likeness (QED) is 0.810. The summed E-state index contributed by atoms with van der Waals surface area (Å²) in [5.41, 5.74) is 7.17. The number of likely N-dealkylation sites (N-methyl/N-ethyl adjacent to an activating group) is 1. The summed E-state index contributed by atoms with van der Waals surface area (Å²) in [4.78, 5) is 2.37. The van der Waals surface area contributed by atoms with Crippen molar-refractivity contribution in [1.82, 2.24) is 14.7 Å². The third-order valence-corrected chi connectivity index (χ3v) is 3.58. The zero-order valence-electron chi connectivity index (χ0n) is 12.4. The number of aryl methyl sites for hydroxylation is 1. The molecule has 0 aliphatic rings. The van der Waals surface area contributed by atoms with Crippen molar-refractivity contribution in [3.8, 4) is 0 Å². The lowest BCUT2D eigenvalue weighted by Crippen LogP contribution is -2.37. The number of hydrogen-bond acceptors (Lipinski definition) is 3. The van der Waals surface area contributed by atoms with E-state index in [-0.39, 0.29) is 6.04 Å². The van der Waals surface area contributed by atoms with Gasteiger partial charge in [0.25, 0.3) is 0 Å². The van der Waals surface area contributed by atoms with Crippen molar-refractivity contribution in [2.24, 2.45) is 11.7 Å². The van der Waals surface area contributed by atoms with Crippen LogP contribution < -0.4 is 5.73 Å². The maximum Gasteiger partial charge on any atom is 0.0538 e. The van der Waals surface area contributed by atoms with Crippen LogP contribution in [0.15, 0.2) is 12.4 Å². The molecule has 0 aromatic carbocycles. The summed E-state index contributed by atoms with van der Waals surface area (Å²) >= 11 is 0. The Kier molecular flexibility index (Phi) is 5.82. The predicted octanol–water partition coefficient (Wildman–Crippen LogP) is 2.27. The molecule has 0 aliphatic heterocycles. The molecule has 4 nitrogen and oxygen atoms in total. The Morgan fingerprint density at radius 3 is 2.50 bits per heavy atom. The zero-order chi connectivity index (χ0) is 13.7. The summed E-state index contributed by atoms with van der Waals surface area (Å²) in [7, 11) is 2.16. The van der Waals surface area contributed by atoms with E-state index in [2.05, 4.69) is 50.9 Å². The maximum atomic E-state index is 5.95. The molecule has 0 bridgehead atoms. The van der Waals surface area contributed by atoms with Gasteiger partial charge in [-0.1, -0.05) is 13.8 Å². The molecule has 18 heavy (non-hydrogen) atoms. The second kappa shape index (κ2) is 6.90. The highest BCUT2D eigenvalue weighted by molar-refractivity contribution is 5.11. The molecule has 2 unspecified atom stereocenters. The molecule has 0 amide bonds. The minimum absolute atomic E-state index is 0.263. The molecule has 0 aliphatic carbocycles. The minimum Gasteiger partial charge on any atom is -0.329 e. The van der Waals surface area contributed by atoms with Crippen LogP contribution in [0.3, 0.4) is 0 Å². The van der Waals surface area contributed by atoms with Gasteiger partial charge in [-0.15, -0.1) is 0 Å². The van der Waals surface area contributed by atoms with Crippen molar-refractivity contribution in [3.63, 3.8) is 0 Å². The molecule has 1 rings (SSSR count). The highest BCUT2D eigenvalue weighted by atomic mass is 15.3. The monoisotopic (exact) mass is 252 g/mol. The second-order valence-electron chi connectivity index (χ2n) is 5.52. The fourth-order valence-corrected chi connectivity index (χ4v) is 2.42. The Bertz CT molecular complexity index is 345. The standard InChI is InChI=1S/C14H28N4/c1-6-18-10-13(9-16-18)14(8-15)17(5)12(4)7-11(2)3/h9-12,14H,6-8,15H2,1-5H3. The fourth-order valence-electron chi connectivity index (χ4n) is 2.42. The molecule has 2 atom stereocenters. The molecular weight excluding hydrogens is 224 g/mol. The third kappa shape index (κ3) is 3.82. The smallest absolute Gasteiger partial charge is 0.0538 e. The number of aromatic nitrogens is 2. The van der Waals surface area contributed by atoms with E-state index in [1.165, 1.54) is 12.0 Å². The lowest BCUT2D eigenvalue weighted by atomic mass is 10.0. The summed E-state index contributed by atoms with van der Waals surface area (Å²) in [6, 6.07) is 0.794. The first-order valence-electron chi connectivity index (χ1n) is 6.93. The lowest BCUT2D eigenvalue weighted by Gasteiger charge is -2.32. The van der Waals surface area contributed by atoms with Crippen LogP contribution in [-0.4, -0.2) is 34.3 Å². The number of hydrogen-bond donors (Lipinski definition) is 1. The molecule has 4 heteroatoms. The van der Waals surface area contributed by atoms with E-state index in [0.717, 1.165) is 6.54 Å². The largest absolute Gasteiger partial charge is 0.329 e. The van der Waals surface area contributed by atoms with Gasteiger partial charge in [0, 0.05) is 30.9 Å². The van der Waals surface area contributed by atoms with Gasteiger partial charge < -0.3 is 5.73 Å². The van der Waals surface area contributed by atoms with Crippen LogP contribution in [0.25, 0.3) is 0 Å². The van der Waals surface area contributed by atoms with Gasteiger partial charge in [-0.3, -0.25) is 9.58 Å². The molecule has 2 N–H and O–H groups in total. The third-order valence-electron chi connectivity index (χ3n) is 3.58. The van der Waals surface area contributed by atoms with Crippen molar-refractivity contribution in [2.75, 3.05) is 13.6 Å². The van der Waals surface area contributed by atoms with Gasteiger partial charge in [0.2, 0.25) is 0 Å². The van der Waals surface area contributed by atoms with Crippen LogP contribution in [0.4, 0.5) is 0 Å². The van der Waals surface area contributed by atoms with E-state index in [0.29, 0.717) is 18.5 Å². The number of nitrogens with zero attached hydrogens (tertiary/aromatic N) is 3. The Hall–Kier alpha value is -0.870. The van der Waals surface area contributed by atoms with Gasteiger partial charge >= 0.3 is 0 Å². The van der Waals surface area contributed by atoms with Crippen molar-refractivity contribution < 1.29 is 0 Å². The highest BCUT2D eigenvalue weighted by Crippen LogP contribution is 2.22. The Morgan fingerprint density at radius 2 is 2.06 bits per heavy atom. The van der Waals surface area contributed by atoms with E-state index in [1.807, 2.05) is 10.9 Å². The van der Waals surface area contributed by atoms with Gasteiger partial charge in [-0.2, -0.15) is 5.10 Å². The number of nitrogens with two attached hydrogens (primary N) is 1. The molecular formula is C14H28N4. The van der Waals surface area contributed by atoms with Crippen LogP contribution in [0.5, 0.6) is 0 Å². The Labute approximate surface area is 111 Å². The van der Waals surface area contributed by atoms with Crippen molar-refractivity contribution in [2.45, 2.75) is 52.7 Å². The SMILES string of the molecule is CCn1cc(C(CN)N(C)C(C)CC(C)C)cn1. The first kappa shape index (κ1) is 15.2. The first-order chi connectivity index (χ1) is 8.49. The van der Waals surface area contributed by atoms with E-state index in [1.54, 1.807) is 0 Å². The summed E-state index contributed by atoms with van der Waals surface area (Å²) in [5.74, 6) is 0.708. The average Bonchev–Trinajstić information content (AvgIpc) is 2.77. The number of rotatable bonds is 7. The Morgan fingerprint density at radius 1 is 1.39 bits per heavy atom. The zero-order valence-corrected chi connectivity index (χ0v) is 12.4. The first-order valence-corrected chi connectivity index (χ1v) is 6.93. The lowest BCUT2D eigenvalue weighted by molar-refractivity contribution is 0.168. The van der Waals surface area contributed by atoms with E-state index >= 15 is 0 Å². The molecule has 1 aromatic rings. The van der Waals surface area contributed by atoms with Gasteiger partial charge in [0.1, 0.15) is 0 Å². The van der Waals surface area contributed by atoms with Gasteiger partial charge in [0.05, 0.1) is 12.2 Å². The summed E-state index contributed by atoms with van der Waals surface area (Å²) < 4.78 is 1.96. The topological polar surface area (TPSA) is 47.1 Å². The summed E-state index contributed by atoms with van der Waals surface area (Å²) in [5, 5.41) is 4.34. The van der Waals surface area contributed by atoms with E-state index in [4.69, 9.17) is 5.73 Å². The molecule has 1 aromatic heterocycles. The minimum atomic E-state index is 0.263. The fraction of sp³-hybridized carbons (Fsp3) is 0.786. The van der Waals surface area contributed by atoms with Gasteiger partial charge in [-0.05, 0) is 33.2 Å². The van der Waals surface area contributed by atoms with Crippen LogP contribution in [-0.2, 0) is 6.54 Å². The van der Waals surface area contributed by atoms with Crippen molar-refractivity contribution in [1.29, 1.82) is 0 Å². The van der Waals surface area contributed by atoms with E-state index < -0.39 is 0 Å². The van der Waals surface area contributed by atoms with Crippen LogP contribution >= 0.6 is 0 Å². The molecule has 0 saturated heterocycles. The summed E-state index contributed by atoms with van der Waals surface area (Å²) in [6.07, 6.45) is 5.24. The normalized spacial score (nSPS) is 15.3.